The second-order valence-electron chi connectivity index (χ2n) is 6.23. The average Bonchev–Trinajstić information content (AvgIpc) is 2.67. The van der Waals surface area contributed by atoms with Gasteiger partial charge in [0.05, 0.1) is 32.5 Å². The lowest BCUT2D eigenvalue weighted by molar-refractivity contribution is -0.147. The Bertz CT molecular complexity index is 586. The van der Waals surface area contributed by atoms with Crippen molar-refractivity contribution in [1.82, 2.24) is 0 Å². The van der Waals surface area contributed by atoms with Crippen molar-refractivity contribution < 1.29 is 43.0 Å². The van der Waals surface area contributed by atoms with Crippen molar-refractivity contribution in [2.24, 2.45) is 5.73 Å². The van der Waals surface area contributed by atoms with Gasteiger partial charge < -0.3 is 24.7 Å². The van der Waals surface area contributed by atoms with Crippen molar-refractivity contribution in [3.8, 4) is 0 Å². The topological polar surface area (TPSA) is 156 Å². The van der Waals surface area contributed by atoms with Crippen LogP contribution in [-0.4, -0.2) is 61.6 Å². The molecule has 0 unspecified atom stereocenters. The highest BCUT2D eigenvalue weighted by atomic mass is 16.5. The zero-order valence-electron chi connectivity index (χ0n) is 16.7. The van der Waals surface area contributed by atoms with Crippen molar-refractivity contribution in [3.05, 3.63) is 0 Å². The molecule has 10 heteroatoms. The predicted molar refractivity (Wildman–Crippen MR) is 99.6 cm³/mol. The Morgan fingerprint density at radius 1 is 0.552 bits per heavy atom. The van der Waals surface area contributed by atoms with Crippen LogP contribution in [0.4, 0.5) is 0 Å². The molecule has 164 valence electrons. The van der Waals surface area contributed by atoms with E-state index in [0.717, 1.165) is 0 Å². The molecule has 0 bridgehead atoms. The van der Waals surface area contributed by atoms with Gasteiger partial charge in [-0.1, -0.05) is 0 Å². The molecule has 10 nitrogen and oxygen atoms in total. The van der Waals surface area contributed by atoms with Crippen LogP contribution < -0.4 is 5.73 Å². The van der Waals surface area contributed by atoms with Crippen molar-refractivity contribution >= 4 is 35.3 Å². The number of hydrogen-bond donors (Lipinski definition) is 1. The highest BCUT2D eigenvalue weighted by Gasteiger charge is 2.12. The monoisotopic (exact) mass is 415 g/mol. The van der Waals surface area contributed by atoms with Crippen molar-refractivity contribution in [2.45, 2.75) is 58.3 Å². The fourth-order valence-corrected chi connectivity index (χ4v) is 1.96. The van der Waals surface area contributed by atoms with Crippen LogP contribution in [0.2, 0.25) is 0 Å². The van der Waals surface area contributed by atoms with Crippen LogP contribution in [0.1, 0.15) is 58.3 Å². The van der Waals surface area contributed by atoms with Crippen LogP contribution in [0, 0.1) is 0 Å². The third-order valence-electron chi connectivity index (χ3n) is 3.57. The summed E-state index contributed by atoms with van der Waals surface area (Å²) >= 11 is 0. The summed E-state index contributed by atoms with van der Waals surface area (Å²) in [6, 6.07) is 0. The van der Waals surface area contributed by atoms with E-state index in [1.54, 1.807) is 0 Å². The molecule has 0 fully saturated rings. The van der Waals surface area contributed by atoms with Gasteiger partial charge in [-0.2, -0.15) is 0 Å². The van der Waals surface area contributed by atoms with Gasteiger partial charge >= 0.3 is 17.9 Å². The maximum absolute atomic E-state index is 11.6. The Morgan fingerprint density at radius 3 is 1.31 bits per heavy atom. The van der Waals surface area contributed by atoms with Crippen LogP contribution in [0.15, 0.2) is 0 Å². The van der Waals surface area contributed by atoms with E-state index in [-0.39, 0.29) is 95.1 Å². The van der Waals surface area contributed by atoms with E-state index in [0.29, 0.717) is 0 Å². The first-order chi connectivity index (χ1) is 13.7. The third-order valence-corrected chi connectivity index (χ3v) is 3.57. The normalized spacial score (nSPS) is 10.1. The Kier molecular flexibility index (Phi) is 14.9. The van der Waals surface area contributed by atoms with E-state index in [1.165, 1.54) is 6.92 Å². The number of carbonyl (C=O) groups is 6. The molecular weight excluding hydrogens is 386 g/mol. The van der Waals surface area contributed by atoms with Crippen molar-refractivity contribution in [1.29, 1.82) is 0 Å². The fraction of sp³-hybridized carbons (Fsp3) is 0.684. The minimum atomic E-state index is -0.619. The van der Waals surface area contributed by atoms with Gasteiger partial charge in [0.1, 0.15) is 24.0 Å². The maximum Gasteiger partial charge on any atom is 0.306 e. The second-order valence-corrected chi connectivity index (χ2v) is 6.23. The number of esters is 3. The summed E-state index contributed by atoms with van der Waals surface area (Å²) in [5.41, 5.74) is 5.18. The van der Waals surface area contributed by atoms with Crippen LogP contribution >= 0.6 is 0 Å². The summed E-state index contributed by atoms with van der Waals surface area (Å²) in [5.74, 6) is -2.32. The number of ketones is 3. The van der Waals surface area contributed by atoms with Gasteiger partial charge in [-0.25, -0.2) is 0 Å². The molecule has 0 saturated carbocycles. The molecule has 0 amide bonds. The van der Waals surface area contributed by atoms with Crippen LogP contribution in [0.25, 0.3) is 0 Å². The molecule has 0 aliphatic heterocycles. The zero-order chi connectivity index (χ0) is 22.1. The van der Waals surface area contributed by atoms with E-state index in [2.05, 4.69) is 0 Å². The van der Waals surface area contributed by atoms with Crippen molar-refractivity contribution in [2.75, 3.05) is 26.4 Å². The maximum atomic E-state index is 11.6. The lowest BCUT2D eigenvalue weighted by Gasteiger charge is -2.06. The van der Waals surface area contributed by atoms with Gasteiger partial charge in [0.2, 0.25) is 0 Å². The lowest BCUT2D eigenvalue weighted by atomic mass is 10.1. The average molecular weight is 415 g/mol. The van der Waals surface area contributed by atoms with Crippen LogP contribution in [0.3, 0.4) is 0 Å². The summed E-state index contributed by atoms with van der Waals surface area (Å²) in [6.07, 6.45) is -0.256. The van der Waals surface area contributed by atoms with Crippen LogP contribution in [0.5, 0.6) is 0 Å². The largest absolute Gasteiger partial charge is 0.465 e. The predicted octanol–water partition coefficient (Wildman–Crippen LogP) is 0.423. The van der Waals surface area contributed by atoms with Gasteiger partial charge in [0.15, 0.2) is 0 Å². The SMILES string of the molecule is CC(=O)CCC(=O)OCCC(=O)CCC(=O)OCCC(=O)CCC(=O)OCCN. The molecule has 0 aromatic heterocycles. The Balaban J connectivity index is 3.73. The standard InChI is InChI=1S/C19H29NO9/c1-14(21)2-5-17(24)27-11-8-15(22)3-6-18(25)28-12-9-16(23)4-7-19(26)29-13-10-20/h2-13,20H2,1H3. The first-order valence-corrected chi connectivity index (χ1v) is 9.44. The molecular formula is C19H29NO9. The molecule has 0 heterocycles. The van der Waals surface area contributed by atoms with E-state index in [1.807, 2.05) is 0 Å². The second kappa shape index (κ2) is 16.3. The highest BCUT2D eigenvalue weighted by molar-refractivity contribution is 5.84. The summed E-state index contributed by atoms with van der Waals surface area (Å²) in [6.45, 7) is 1.45. The number of rotatable bonds is 17. The number of nitrogens with two attached hydrogens (primary N) is 1. The van der Waals surface area contributed by atoms with E-state index < -0.39 is 17.9 Å². The first-order valence-electron chi connectivity index (χ1n) is 9.44. The molecule has 29 heavy (non-hydrogen) atoms. The lowest BCUT2D eigenvalue weighted by Crippen LogP contribution is -2.15. The molecule has 0 aliphatic rings. The molecule has 2 N–H and O–H groups in total. The number of Topliss-reactive ketones (excluding diaryl/α,β-unsaturated/α-hetero) is 3. The summed E-state index contributed by atoms with van der Waals surface area (Å²) in [4.78, 5) is 68.0. The summed E-state index contributed by atoms with van der Waals surface area (Å²) in [5, 5.41) is 0. The molecule has 0 radical (unpaired) electrons. The summed E-state index contributed by atoms with van der Waals surface area (Å²) in [7, 11) is 0. The summed E-state index contributed by atoms with van der Waals surface area (Å²) < 4.78 is 14.4. The minimum absolute atomic E-state index is 0.00935. The zero-order valence-corrected chi connectivity index (χ0v) is 16.7. The van der Waals surface area contributed by atoms with E-state index in [9.17, 15) is 28.8 Å². The number of carbonyl (C=O) groups excluding carboxylic acids is 6. The van der Waals surface area contributed by atoms with E-state index in [4.69, 9.17) is 19.9 Å². The number of hydrogen-bond acceptors (Lipinski definition) is 10. The van der Waals surface area contributed by atoms with E-state index >= 15 is 0 Å². The highest BCUT2D eigenvalue weighted by Crippen LogP contribution is 2.02. The molecule has 0 saturated heterocycles. The Hall–Kier alpha value is -2.62. The van der Waals surface area contributed by atoms with Crippen LogP contribution in [-0.2, 0) is 43.0 Å². The Morgan fingerprint density at radius 2 is 0.931 bits per heavy atom. The molecule has 0 aromatic rings. The number of ether oxygens (including phenoxy) is 3. The minimum Gasteiger partial charge on any atom is -0.465 e. The molecule has 0 aromatic carbocycles. The van der Waals surface area contributed by atoms with Gasteiger partial charge in [-0.15, -0.1) is 0 Å². The van der Waals surface area contributed by atoms with Gasteiger partial charge in [0, 0.05) is 38.6 Å². The third kappa shape index (κ3) is 17.2. The first kappa shape index (κ1) is 26.4. The van der Waals surface area contributed by atoms with Gasteiger partial charge in [-0.3, -0.25) is 24.0 Å². The molecule has 0 spiro atoms. The van der Waals surface area contributed by atoms with Gasteiger partial charge in [0.25, 0.3) is 0 Å². The molecule has 0 rings (SSSR count). The van der Waals surface area contributed by atoms with Crippen molar-refractivity contribution in [3.63, 3.8) is 0 Å². The Labute approximate surface area is 169 Å². The molecule has 0 atom stereocenters. The fourth-order valence-electron chi connectivity index (χ4n) is 1.96. The van der Waals surface area contributed by atoms with Gasteiger partial charge in [-0.05, 0) is 6.92 Å². The molecule has 0 aliphatic carbocycles. The quantitative estimate of drug-likeness (QED) is 0.261. The smallest absolute Gasteiger partial charge is 0.306 e.